The third-order valence-corrected chi connectivity index (χ3v) is 3.55. The molecule has 6 heteroatoms. The molecule has 0 amide bonds. The Morgan fingerprint density at radius 3 is 2.90 bits per heavy atom. The Labute approximate surface area is 122 Å². The number of nitrogens with zero attached hydrogens (tertiary/aromatic N) is 3. The summed E-state index contributed by atoms with van der Waals surface area (Å²) in [6, 6.07) is 9.78. The van der Waals surface area contributed by atoms with Crippen LogP contribution in [0.25, 0.3) is 5.69 Å². The summed E-state index contributed by atoms with van der Waals surface area (Å²) < 4.78 is 6.96. The molecule has 106 valence electrons. The minimum atomic E-state index is -0.217. The van der Waals surface area contributed by atoms with Gasteiger partial charge in [-0.15, -0.1) is 10.2 Å². The number of carbonyl (C=O) groups excluding carboxylic acids is 1. The molecular formula is C14H17N3O2S. The van der Waals surface area contributed by atoms with Crippen molar-refractivity contribution in [2.45, 2.75) is 24.9 Å². The Bertz CT molecular complexity index is 542. The van der Waals surface area contributed by atoms with Crippen LogP contribution in [0.5, 0.6) is 0 Å². The molecule has 0 aliphatic heterocycles. The van der Waals surface area contributed by atoms with Gasteiger partial charge >= 0.3 is 5.97 Å². The average molecular weight is 291 g/mol. The number of hydrogen-bond donors (Lipinski definition) is 0. The second-order valence-electron chi connectivity index (χ2n) is 4.18. The molecule has 20 heavy (non-hydrogen) atoms. The van der Waals surface area contributed by atoms with Crippen molar-refractivity contribution in [1.82, 2.24) is 14.8 Å². The average Bonchev–Trinajstić information content (AvgIpc) is 2.95. The van der Waals surface area contributed by atoms with Gasteiger partial charge in [-0.2, -0.15) is 0 Å². The smallest absolute Gasteiger partial charge is 0.316 e. The quantitative estimate of drug-likeness (QED) is 0.446. The number of esters is 1. The van der Waals surface area contributed by atoms with Gasteiger partial charge in [0.25, 0.3) is 0 Å². The van der Waals surface area contributed by atoms with E-state index in [4.69, 9.17) is 4.74 Å². The Morgan fingerprint density at radius 1 is 1.35 bits per heavy atom. The number of benzene rings is 1. The molecule has 0 saturated carbocycles. The molecule has 0 aliphatic carbocycles. The molecule has 0 unspecified atom stereocenters. The van der Waals surface area contributed by atoms with E-state index in [1.54, 1.807) is 6.33 Å². The largest absolute Gasteiger partial charge is 0.465 e. The van der Waals surface area contributed by atoms with E-state index in [0.29, 0.717) is 11.8 Å². The highest BCUT2D eigenvalue weighted by Gasteiger charge is 2.10. The molecule has 2 aromatic rings. The molecule has 0 spiro atoms. The molecule has 2 rings (SSSR count). The standard InChI is InChI=1S/C14H17N3O2S/c1-2-3-9-19-13(18)10-20-14-16-15-11-17(14)12-7-5-4-6-8-12/h4-8,11H,2-3,9-10H2,1H3. The molecule has 0 radical (unpaired) electrons. The third kappa shape index (κ3) is 4.09. The summed E-state index contributed by atoms with van der Waals surface area (Å²) in [5, 5.41) is 8.60. The zero-order chi connectivity index (χ0) is 14.2. The van der Waals surface area contributed by atoms with Crippen LogP contribution in [0.3, 0.4) is 0 Å². The second kappa shape index (κ2) is 7.69. The zero-order valence-corrected chi connectivity index (χ0v) is 12.2. The number of hydrogen-bond acceptors (Lipinski definition) is 5. The lowest BCUT2D eigenvalue weighted by atomic mass is 10.3. The van der Waals surface area contributed by atoms with Gasteiger partial charge in [0.05, 0.1) is 12.4 Å². The first-order valence-corrected chi connectivity index (χ1v) is 7.53. The van der Waals surface area contributed by atoms with Gasteiger partial charge in [-0.25, -0.2) is 0 Å². The topological polar surface area (TPSA) is 57.0 Å². The first-order valence-electron chi connectivity index (χ1n) is 6.55. The molecule has 0 aliphatic rings. The summed E-state index contributed by atoms with van der Waals surface area (Å²) in [6.45, 7) is 2.55. The van der Waals surface area contributed by atoms with Gasteiger partial charge < -0.3 is 4.74 Å². The minimum Gasteiger partial charge on any atom is -0.465 e. The SMILES string of the molecule is CCCCOC(=O)CSc1nncn1-c1ccccc1. The van der Waals surface area contributed by atoms with Crippen molar-refractivity contribution in [3.8, 4) is 5.69 Å². The number of rotatable bonds is 7. The first-order chi connectivity index (χ1) is 9.81. The Kier molecular flexibility index (Phi) is 5.61. The van der Waals surface area contributed by atoms with Crippen LogP contribution in [0, 0.1) is 0 Å². The van der Waals surface area contributed by atoms with Crippen LogP contribution in [-0.4, -0.2) is 33.1 Å². The van der Waals surface area contributed by atoms with E-state index in [9.17, 15) is 4.79 Å². The maximum atomic E-state index is 11.6. The van der Waals surface area contributed by atoms with Crippen LogP contribution >= 0.6 is 11.8 Å². The van der Waals surface area contributed by atoms with E-state index in [2.05, 4.69) is 17.1 Å². The van der Waals surface area contributed by atoms with E-state index in [-0.39, 0.29) is 11.7 Å². The molecular weight excluding hydrogens is 274 g/mol. The zero-order valence-electron chi connectivity index (χ0n) is 11.4. The predicted octanol–water partition coefficient (Wildman–Crippen LogP) is 2.70. The highest BCUT2D eigenvalue weighted by atomic mass is 32.2. The lowest BCUT2D eigenvalue weighted by molar-refractivity contribution is -0.140. The fraction of sp³-hybridized carbons (Fsp3) is 0.357. The van der Waals surface area contributed by atoms with Gasteiger partial charge in [0.1, 0.15) is 6.33 Å². The lowest BCUT2D eigenvalue weighted by Crippen LogP contribution is -2.09. The molecule has 0 saturated heterocycles. The van der Waals surface area contributed by atoms with Gasteiger partial charge in [-0.05, 0) is 18.6 Å². The molecule has 1 aromatic carbocycles. The van der Waals surface area contributed by atoms with Crippen LogP contribution in [-0.2, 0) is 9.53 Å². The molecule has 5 nitrogen and oxygen atoms in total. The first kappa shape index (κ1) is 14.6. The van der Waals surface area contributed by atoms with Crippen molar-refractivity contribution in [2.24, 2.45) is 0 Å². The van der Waals surface area contributed by atoms with Crippen molar-refractivity contribution in [1.29, 1.82) is 0 Å². The van der Waals surface area contributed by atoms with E-state index >= 15 is 0 Å². The van der Waals surface area contributed by atoms with Crippen LogP contribution < -0.4 is 0 Å². The Hall–Kier alpha value is -1.82. The number of unbranched alkanes of at least 4 members (excludes halogenated alkanes) is 1. The maximum absolute atomic E-state index is 11.6. The number of para-hydroxylation sites is 1. The van der Waals surface area contributed by atoms with Gasteiger partial charge in [-0.1, -0.05) is 43.3 Å². The van der Waals surface area contributed by atoms with E-state index < -0.39 is 0 Å². The van der Waals surface area contributed by atoms with E-state index in [0.717, 1.165) is 18.5 Å². The third-order valence-electron chi connectivity index (χ3n) is 2.63. The van der Waals surface area contributed by atoms with Crippen LogP contribution in [0.4, 0.5) is 0 Å². The van der Waals surface area contributed by atoms with Gasteiger partial charge in [-0.3, -0.25) is 9.36 Å². The van der Waals surface area contributed by atoms with Crippen molar-refractivity contribution < 1.29 is 9.53 Å². The maximum Gasteiger partial charge on any atom is 0.316 e. The molecule has 0 fully saturated rings. The van der Waals surface area contributed by atoms with Gasteiger partial charge in [0.15, 0.2) is 5.16 Å². The van der Waals surface area contributed by atoms with E-state index in [1.807, 2.05) is 34.9 Å². The van der Waals surface area contributed by atoms with Crippen molar-refractivity contribution in [3.05, 3.63) is 36.7 Å². The highest BCUT2D eigenvalue weighted by Crippen LogP contribution is 2.19. The Balaban J connectivity index is 1.91. The van der Waals surface area contributed by atoms with Crippen LogP contribution in [0.2, 0.25) is 0 Å². The molecule has 0 N–H and O–H groups in total. The molecule has 1 aromatic heterocycles. The summed E-state index contributed by atoms with van der Waals surface area (Å²) in [6.07, 6.45) is 3.56. The molecule has 0 atom stereocenters. The van der Waals surface area contributed by atoms with Gasteiger partial charge in [0, 0.05) is 5.69 Å². The summed E-state index contributed by atoms with van der Waals surface area (Å²) in [5.41, 5.74) is 0.972. The Morgan fingerprint density at radius 2 is 2.15 bits per heavy atom. The summed E-state index contributed by atoms with van der Waals surface area (Å²) in [7, 11) is 0. The fourth-order valence-corrected chi connectivity index (χ4v) is 2.31. The van der Waals surface area contributed by atoms with Crippen molar-refractivity contribution in [3.63, 3.8) is 0 Å². The second-order valence-corrected chi connectivity index (χ2v) is 5.12. The van der Waals surface area contributed by atoms with Crippen LogP contribution in [0.15, 0.2) is 41.8 Å². The predicted molar refractivity (Wildman–Crippen MR) is 78.0 cm³/mol. The summed E-state index contributed by atoms with van der Waals surface area (Å²) >= 11 is 1.33. The normalized spacial score (nSPS) is 10.4. The van der Waals surface area contributed by atoms with Crippen LogP contribution in [0.1, 0.15) is 19.8 Å². The summed E-state index contributed by atoms with van der Waals surface area (Å²) in [4.78, 5) is 11.6. The minimum absolute atomic E-state index is 0.217. The lowest BCUT2D eigenvalue weighted by Gasteiger charge is -2.06. The summed E-state index contributed by atoms with van der Waals surface area (Å²) in [5.74, 6) is 0.0287. The fourth-order valence-electron chi connectivity index (χ4n) is 1.58. The highest BCUT2D eigenvalue weighted by molar-refractivity contribution is 7.99. The number of aromatic nitrogens is 3. The van der Waals surface area contributed by atoms with E-state index in [1.165, 1.54) is 11.8 Å². The van der Waals surface area contributed by atoms with Crippen molar-refractivity contribution >= 4 is 17.7 Å². The monoisotopic (exact) mass is 291 g/mol. The number of thioether (sulfide) groups is 1. The number of ether oxygens (including phenoxy) is 1. The van der Waals surface area contributed by atoms with Crippen molar-refractivity contribution in [2.75, 3.05) is 12.4 Å². The number of carbonyl (C=O) groups is 1. The van der Waals surface area contributed by atoms with Gasteiger partial charge in [0.2, 0.25) is 0 Å². The molecule has 0 bridgehead atoms. The molecule has 1 heterocycles.